The number of nitrogens with two attached hydrogens (primary N) is 1. The molecular weight excluding hydrogens is 264 g/mol. The van der Waals surface area contributed by atoms with Gasteiger partial charge in [-0.2, -0.15) is 0 Å². The smallest absolute Gasteiger partial charge is 0.223 e. The summed E-state index contributed by atoms with van der Waals surface area (Å²) in [5.41, 5.74) is 8.15. The molecule has 0 radical (unpaired) electrons. The van der Waals surface area contributed by atoms with Crippen molar-refractivity contribution in [2.45, 2.75) is 52.5 Å². The number of nitrogens with one attached hydrogen (secondary N) is 1. The topological polar surface area (TPSA) is 64.3 Å². The molecule has 0 unspecified atom stereocenters. The van der Waals surface area contributed by atoms with E-state index in [0.29, 0.717) is 19.6 Å². The van der Waals surface area contributed by atoms with Gasteiger partial charge in [0.25, 0.3) is 0 Å². The summed E-state index contributed by atoms with van der Waals surface area (Å²) < 4.78 is 5.65. The van der Waals surface area contributed by atoms with E-state index in [1.165, 1.54) is 5.56 Å². The minimum atomic E-state index is -0.302. The van der Waals surface area contributed by atoms with E-state index >= 15 is 0 Å². The first-order valence-electron chi connectivity index (χ1n) is 7.66. The van der Waals surface area contributed by atoms with E-state index in [-0.39, 0.29) is 11.4 Å². The van der Waals surface area contributed by atoms with Crippen LogP contribution < -0.4 is 15.8 Å². The molecule has 1 aromatic carbocycles. The van der Waals surface area contributed by atoms with Gasteiger partial charge in [0.05, 0.1) is 13.0 Å². The Labute approximate surface area is 128 Å². The van der Waals surface area contributed by atoms with E-state index < -0.39 is 0 Å². The van der Waals surface area contributed by atoms with Gasteiger partial charge >= 0.3 is 0 Å². The zero-order valence-corrected chi connectivity index (χ0v) is 13.7. The van der Waals surface area contributed by atoms with Crippen LogP contribution in [0.3, 0.4) is 0 Å². The second-order valence-electron chi connectivity index (χ2n) is 5.71. The SMILES string of the molecule is CCC(N)(CC)CNC(=O)CCOc1ccc(C)cc1C. The maximum absolute atomic E-state index is 11.8. The van der Waals surface area contributed by atoms with Crippen molar-refractivity contribution < 1.29 is 9.53 Å². The lowest BCUT2D eigenvalue weighted by Gasteiger charge is -2.26. The highest BCUT2D eigenvalue weighted by atomic mass is 16.5. The summed E-state index contributed by atoms with van der Waals surface area (Å²) in [5.74, 6) is 0.820. The van der Waals surface area contributed by atoms with Gasteiger partial charge < -0.3 is 15.8 Å². The molecule has 0 fully saturated rings. The molecule has 1 aromatic rings. The number of benzene rings is 1. The molecule has 0 heterocycles. The normalized spacial score (nSPS) is 11.3. The molecule has 0 atom stereocenters. The van der Waals surface area contributed by atoms with E-state index in [0.717, 1.165) is 24.2 Å². The number of hydrogen-bond acceptors (Lipinski definition) is 3. The molecule has 0 bridgehead atoms. The molecule has 1 amide bonds. The van der Waals surface area contributed by atoms with Crippen molar-refractivity contribution in [2.75, 3.05) is 13.2 Å². The van der Waals surface area contributed by atoms with Crippen LogP contribution in [0.4, 0.5) is 0 Å². The first-order valence-corrected chi connectivity index (χ1v) is 7.66. The molecule has 1 rings (SSSR count). The molecular formula is C17H28N2O2. The molecule has 0 aliphatic rings. The number of carbonyl (C=O) groups is 1. The van der Waals surface area contributed by atoms with Crippen molar-refractivity contribution >= 4 is 5.91 Å². The van der Waals surface area contributed by atoms with E-state index in [1.807, 2.05) is 39.8 Å². The fourth-order valence-electron chi connectivity index (χ4n) is 2.08. The molecule has 118 valence electrons. The third-order valence-corrected chi connectivity index (χ3v) is 3.96. The number of amides is 1. The second kappa shape index (κ2) is 8.03. The maximum Gasteiger partial charge on any atom is 0.223 e. The van der Waals surface area contributed by atoms with Gasteiger partial charge in [-0.3, -0.25) is 4.79 Å². The maximum atomic E-state index is 11.8. The molecule has 0 saturated heterocycles. The molecule has 0 aromatic heterocycles. The first kappa shape index (κ1) is 17.5. The third kappa shape index (κ3) is 5.76. The Balaban J connectivity index is 2.34. The van der Waals surface area contributed by atoms with Crippen LogP contribution in [0.1, 0.15) is 44.2 Å². The van der Waals surface area contributed by atoms with Gasteiger partial charge in [0.1, 0.15) is 5.75 Å². The van der Waals surface area contributed by atoms with Crippen LogP contribution in [0.25, 0.3) is 0 Å². The van der Waals surface area contributed by atoms with Gasteiger partial charge in [-0.05, 0) is 38.3 Å². The number of hydrogen-bond donors (Lipinski definition) is 2. The summed E-state index contributed by atoms with van der Waals surface area (Å²) in [7, 11) is 0. The summed E-state index contributed by atoms with van der Waals surface area (Å²) in [5, 5.41) is 2.89. The minimum Gasteiger partial charge on any atom is -0.493 e. The fraction of sp³-hybridized carbons (Fsp3) is 0.588. The van der Waals surface area contributed by atoms with Crippen LogP contribution in [0, 0.1) is 13.8 Å². The van der Waals surface area contributed by atoms with E-state index in [1.54, 1.807) is 0 Å². The highest BCUT2D eigenvalue weighted by molar-refractivity contribution is 5.76. The Morgan fingerprint density at radius 3 is 2.52 bits per heavy atom. The van der Waals surface area contributed by atoms with Crippen molar-refractivity contribution in [3.8, 4) is 5.75 Å². The van der Waals surface area contributed by atoms with Crippen LogP contribution in [0.15, 0.2) is 18.2 Å². The van der Waals surface area contributed by atoms with Crippen molar-refractivity contribution in [1.82, 2.24) is 5.32 Å². The minimum absolute atomic E-state index is 0.0171. The van der Waals surface area contributed by atoms with Crippen molar-refractivity contribution in [3.63, 3.8) is 0 Å². The highest BCUT2D eigenvalue weighted by Gasteiger charge is 2.20. The predicted molar refractivity (Wildman–Crippen MR) is 86.5 cm³/mol. The lowest BCUT2D eigenvalue weighted by molar-refractivity contribution is -0.121. The Morgan fingerprint density at radius 2 is 1.95 bits per heavy atom. The number of carbonyl (C=O) groups excluding carboxylic acids is 1. The van der Waals surface area contributed by atoms with Gasteiger partial charge in [-0.1, -0.05) is 31.5 Å². The predicted octanol–water partition coefficient (Wildman–Crippen LogP) is 2.71. The fourth-order valence-corrected chi connectivity index (χ4v) is 2.08. The summed E-state index contributed by atoms with van der Waals surface area (Å²) in [6.45, 7) is 9.03. The molecule has 0 aliphatic carbocycles. The van der Waals surface area contributed by atoms with Gasteiger partial charge in [0.2, 0.25) is 5.91 Å². The summed E-state index contributed by atoms with van der Waals surface area (Å²) in [6, 6.07) is 6.02. The number of aryl methyl sites for hydroxylation is 2. The van der Waals surface area contributed by atoms with Crippen molar-refractivity contribution in [3.05, 3.63) is 29.3 Å². The third-order valence-electron chi connectivity index (χ3n) is 3.96. The van der Waals surface area contributed by atoms with Gasteiger partial charge in [-0.25, -0.2) is 0 Å². The quantitative estimate of drug-likeness (QED) is 0.774. The molecule has 3 N–H and O–H groups in total. The lowest BCUT2D eigenvalue weighted by atomic mass is 9.94. The molecule has 4 heteroatoms. The Hall–Kier alpha value is -1.55. The average Bonchev–Trinajstić information content (AvgIpc) is 2.47. The molecule has 0 spiro atoms. The first-order chi connectivity index (χ1) is 9.90. The highest BCUT2D eigenvalue weighted by Crippen LogP contribution is 2.18. The Kier molecular flexibility index (Phi) is 6.69. The molecule has 0 saturated carbocycles. The Morgan fingerprint density at radius 1 is 1.29 bits per heavy atom. The lowest BCUT2D eigenvalue weighted by Crippen LogP contribution is -2.49. The summed E-state index contributed by atoms with van der Waals surface area (Å²) in [4.78, 5) is 11.8. The Bertz CT molecular complexity index is 468. The van der Waals surface area contributed by atoms with Crippen LogP contribution in [-0.2, 0) is 4.79 Å². The van der Waals surface area contributed by atoms with Gasteiger partial charge in [0, 0.05) is 12.1 Å². The number of ether oxygens (including phenoxy) is 1. The molecule has 0 aliphatic heterocycles. The standard InChI is InChI=1S/C17H28N2O2/c1-5-17(18,6-2)12-19-16(20)9-10-21-15-8-7-13(3)11-14(15)4/h7-8,11H,5-6,9-10,12,18H2,1-4H3,(H,19,20). The monoisotopic (exact) mass is 292 g/mol. The second-order valence-corrected chi connectivity index (χ2v) is 5.71. The van der Waals surface area contributed by atoms with Crippen molar-refractivity contribution in [2.24, 2.45) is 5.73 Å². The van der Waals surface area contributed by atoms with Crippen LogP contribution in [0.5, 0.6) is 5.75 Å². The summed E-state index contributed by atoms with van der Waals surface area (Å²) >= 11 is 0. The van der Waals surface area contributed by atoms with Crippen LogP contribution >= 0.6 is 0 Å². The largest absolute Gasteiger partial charge is 0.493 e. The zero-order valence-electron chi connectivity index (χ0n) is 13.7. The summed E-state index contributed by atoms with van der Waals surface area (Å²) in [6.07, 6.45) is 2.04. The molecule has 4 nitrogen and oxygen atoms in total. The van der Waals surface area contributed by atoms with E-state index in [4.69, 9.17) is 10.5 Å². The van der Waals surface area contributed by atoms with E-state index in [9.17, 15) is 4.79 Å². The zero-order chi connectivity index (χ0) is 15.9. The number of rotatable bonds is 8. The van der Waals surface area contributed by atoms with E-state index in [2.05, 4.69) is 11.4 Å². The average molecular weight is 292 g/mol. The molecule has 21 heavy (non-hydrogen) atoms. The van der Waals surface area contributed by atoms with Crippen molar-refractivity contribution in [1.29, 1.82) is 0 Å². The van der Waals surface area contributed by atoms with Gasteiger partial charge in [0.15, 0.2) is 0 Å². The van der Waals surface area contributed by atoms with Gasteiger partial charge in [-0.15, -0.1) is 0 Å². The van der Waals surface area contributed by atoms with Crippen LogP contribution in [-0.4, -0.2) is 24.6 Å². The van der Waals surface area contributed by atoms with Crippen LogP contribution in [0.2, 0.25) is 0 Å².